The van der Waals surface area contributed by atoms with Gasteiger partial charge in [-0.1, -0.05) is 42.8 Å². The Bertz CT molecular complexity index is 639. The van der Waals surface area contributed by atoms with Crippen molar-refractivity contribution in [1.82, 2.24) is 5.32 Å². The predicted molar refractivity (Wildman–Crippen MR) is 96.5 cm³/mol. The van der Waals surface area contributed by atoms with Gasteiger partial charge in [0.25, 0.3) is 0 Å². The highest BCUT2D eigenvalue weighted by Crippen LogP contribution is 2.29. The summed E-state index contributed by atoms with van der Waals surface area (Å²) in [5.74, 6) is 1.45. The van der Waals surface area contributed by atoms with Crippen LogP contribution in [0.4, 0.5) is 0 Å². The summed E-state index contributed by atoms with van der Waals surface area (Å²) in [6, 6.07) is 14.3. The molecule has 2 aromatic carbocycles. The molecule has 0 aromatic heterocycles. The van der Waals surface area contributed by atoms with Crippen LogP contribution in [-0.2, 0) is 13.2 Å². The van der Waals surface area contributed by atoms with Crippen molar-refractivity contribution in [1.29, 1.82) is 0 Å². The van der Waals surface area contributed by atoms with Crippen LogP contribution in [0.1, 0.15) is 30.0 Å². The Labute approximate surface area is 144 Å². The molecule has 2 rings (SSSR count). The van der Waals surface area contributed by atoms with Gasteiger partial charge in [0.2, 0.25) is 0 Å². The standard InChI is InChI=1S/C20H27NO3/c1-4-18(13-22)21-12-16-8-9-19(20(11-16)23-3)24-14-17-7-5-6-15(2)10-17/h5-11,18,21-22H,4,12-14H2,1-3H3. The Balaban J connectivity index is 2.00. The molecular formula is C20H27NO3. The first-order valence-electron chi connectivity index (χ1n) is 8.35. The minimum atomic E-state index is 0.119. The number of rotatable bonds is 9. The molecule has 4 nitrogen and oxygen atoms in total. The molecule has 130 valence electrons. The summed E-state index contributed by atoms with van der Waals surface area (Å²) < 4.78 is 11.4. The SMILES string of the molecule is CCC(CO)NCc1ccc(OCc2cccc(C)c2)c(OC)c1. The van der Waals surface area contributed by atoms with Crippen LogP contribution in [0.25, 0.3) is 0 Å². The number of hydrogen-bond donors (Lipinski definition) is 2. The van der Waals surface area contributed by atoms with Crippen molar-refractivity contribution in [3.63, 3.8) is 0 Å². The summed E-state index contributed by atoms with van der Waals surface area (Å²) in [5.41, 5.74) is 3.46. The van der Waals surface area contributed by atoms with Crippen molar-refractivity contribution in [3.05, 3.63) is 59.2 Å². The smallest absolute Gasteiger partial charge is 0.161 e. The summed E-state index contributed by atoms with van der Waals surface area (Å²) in [6.45, 7) is 5.47. The molecule has 0 saturated heterocycles. The highest BCUT2D eigenvalue weighted by atomic mass is 16.5. The lowest BCUT2D eigenvalue weighted by molar-refractivity contribution is 0.238. The van der Waals surface area contributed by atoms with Gasteiger partial charge < -0.3 is 19.9 Å². The first-order chi connectivity index (χ1) is 11.7. The van der Waals surface area contributed by atoms with Gasteiger partial charge in [-0.25, -0.2) is 0 Å². The number of aryl methyl sites for hydroxylation is 1. The topological polar surface area (TPSA) is 50.7 Å². The molecule has 0 spiro atoms. The molecule has 2 N–H and O–H groups in total. The Morgan fingerprint density at radius 1 is 1.08 bits per heavy atom. The molecule has 0 fully saturated rings. The number of ether oxygens (including phenoxy) is 2. The van der Waals surface area contributed by atoms with E-state index < -0.39 is 0 Å². The second-order valence-electron chi connectivity index (χ2n) is 5.93. The molecule has 0 radical (unpaired) electrons. The molecule has 1 unspecified atom stereocenters. The fraction of sp³-hybridized carbons (Fsp3) is 0.400. The summed E-state index contributed by atoms with van der Waals surface area (Å²) in [7, 11) is 1.65. The molecule has 0 heterocycles. The predicted octanol–water partition coefficient (Wildman–Crippen LogP) is 3.44. The molecule has 4 heteroatoms. The average Bonchev–Trinajstić information content (AvgIpc) is 2.61. The first-order valence-corrected chi connectivity index (χ1v) is 8.35. The number of aliphatic hydroxyl groups is 1. The molecule has 24 heavy (non-hydrogen) atoms. The number of benzene rings is 2. The van der Waals surface area contributed by atoms with Crippen LogP contribution in [0.5, 0.6) is 11.5 Å². The van der Waals surface area contributed by atoms with Crippen LogP contribution in [0.2, 0.25) is 0 Å². The Kier molecular flexibility index (Phi) is 7.09. The molecule has 0 saturated carbocycles. The maximum absolute atomic E-state index is 9.24. The molecule has 2 aromatic rings. The third-order valence-corrected chi connectivity index (χ3v) is 4.01. The van der Waals surface area contributed by atoms with E-state index >= 15 is 0 Å². The van der Waals surface area contributed by atoms with Crippen LogP contribution >= 0.6 is 0 Å². The van der Waals surface area contributed by atoms with Crippen molar-refractivity contribution in [3.8, 4) is 11.5 Å². The van der Waals surface area contributed by atoms with Crippen LogP contribution < -0.4 is 14.8 Å². The van der Waals surface area contributed by atoms with Crippen LogP contribution in [0, 0.1) is 6.92 Å². The summed E-state index contributed by atoms with van der Waals surface area (Å²) >= 11 is 0. The number of nitrogens with one attached hydrogen (secondary N) is 1. The quantitative estimate of drug-likeness (QED) is 0.740. The van der Waals surface area contributed by atoms with E-state index in [0.717, 1.165) is 29.0 Å². The maximum atomic E-state index is 9.24. The van der Waals surface area contributed by atoms with Gasteiger partial charge in [0, 0.05) is 12.6 Å². The normalized spacial score (nSPS) is 12.0. The zero-order valence-electron chi connectivity index (χ0n) is 14.7. The third kappa shape index (κ3) is 5.25. The lowest BCUT2D eigenvalue weighted by atomic mass is 10.1. The van der Waals surface area contributed by atoms with Gasteiger partial charge in [0.1, 0.15) is 6.61 Å². The Morgan fingerprint density at radius 3 is 2.58 bits per heavy atom. The molecule has 0 aliphatic heterocycles. The van der Waals surface area contributed by atoms with E-state index in [1.807, 2.05) is 24.3 Å². The largest absolute Gasteiger partial charge is 0.493 e. The highest BCUT2D eigenvalue weighted by molar-refractivity contribution is 5.43. The van der Waals surface area contributed by atoms with Gasteiger partial charge in [-0.3, -0.25) is 0 Å². The monoisotopic (exact) mass is 329 g/mol. The van der Waals surface area contributed by atoms with Crippen LogP contribution in [-0.4, -0.2) is 24.9 Å². The zero-order chi connectivity index (χ0) is 17.4. The van der Waals surface area contributed by atoms with E-state index in [1.165, 1.54) is 5.56 Å². The fourth-order valence-corrected chi connectivity index (χ4v) is 2.50. The van der Waals surface area contributed by atoms with E-state index in [1.54, 1.807) is 7.11 Å². The van der Waals surface area contributed by atoms with E-state index in [-0.39, 0.29) is 12.6 Å². The first kappa shape index (κ1) is 18.3. The molecule has 0 amide bonds. The van der Waals surface area contributed by atoms with Gasteiger partial charge in [-0.05, 0) is 36.6 Å². The summed E-state index contributed by atoms with van der Waals surface area (Å²) in [6.07, 6.45) is 0.894. The van der Waals surface area contributed by atoms with Crippen molar-refractivity contribution in [2.45, 2.75) is 39.5 Å². The van der Waals surface area contributed by atoms with Gasteiger partial charge in [0.15, 0.2) is 11.5 Å². The van der Waals surface area contributed by atoms with Gasteiger partial charge in [-0.2, -0.15) is 0 Å². The van der Waals surface area contributed by atoms with Gasteiger partial charge >= 0.3 is 0 Å². The van der Waals surface area contributed by atoms with E-state index in [2.05, 4.69) is 37.4 Å². The molecule has 0 bridgehead atoms. The maximum Gasteiger partial charge on any atom is 0.161 e. The van der Waals surface area contributed by atoms with E-state index in [4.69, 9.17) is 9.47 Å². The number of aliphatic hydroxyl groups excluding tert-OH is 1. The number of hydrogen-bond acceptors (Lipinski definition) is 4. The summed E-state index contributed by atoms with van der Waals surface area (Å²) in [4.78, 5) is 0. The highest BCUT2D eigenvalue weighted by Gasteiger charge is 2.08. The lowest BCUT2D eigenvalue weighted by Crippen LogP contribution is -2.31. The van der Waals surface area contributed by atoms with E-state index in [9.17, 15) is 5.11 Å². The minimum absolute atomic E-state index is 0.119. The van der Waals surface area contributed by atoms with Crippen molar-refractivity contribution >= 4 is 0 Å². The Morgan fingerprint density at radius 2 is 1.92 bits per heavy atom. The molecule has 1 atom stereocenters. The van der Waals surface area contributed by atoms with Crippen LogP contribution in [0.15, 0.2) is 42.5 Å². The second-order valence-corrected chi connectivity index (χ2v) is 5.93. The summed E-state index contributed by atoms with van der Waals surface area (Å²) in [5, 5.41) is 12.6. The minimum Gasteiger partial charge on any atom is -0.493 e. The van der Waals surface area contributed by atoms with E-state index in [0.29, 0.717) is 13.2 Å². The third-order valence-electron chi connectivity index (χ3n) is 4.01. The lowest BCUT2D eigenvalue weighted by Gasteiger charge is -2.16. The zero-order valence-corrected chi connectivity index (χ0v) is 14.7. The van der Waals surface area contributed by atoms with Crippen molar-refractivity contribution in [2.24, 2.45) is 0 Å². The second kappa shape index (κ2) is 9.30. The van der Waals surface area contributed by atoms with Crippen LogP contribution in [0.3, 0.4) is 0 Å². The molecule has 0 aliphatic carbocycles. The molecular weight excluding hydrogens is 302 g/mol. The van der Waals surface area contributed by atoms with Crippen molar-refractivity contribution in [2.75, 3.05) is 13.7 Å². The fourth-order valence-electron chi connectivity index (χ4n) is 2.50. The van der Waals surface area contributed by atoms with Gasteiger partial charge in [-0.15, -0.1) is 0 Å². The van der Waals surface area contributed by atoms with Gasteiger partial charge in [0.05, 0.1) is 13.7 Å². The average molecular weight is 329 g/mol. The number of methoxy groups -OCH3 is 1. The van der Waals surface area contributed by atoms with Crippen molar-refractivity contribution < 1.29 is 14.6 Å². The molecule has 0 aliphatic rings. The Hall–Kier alpha value is -2.04.